The Labute approximate surface area is 152 Å². The standard InChI is InChI=1S/C20H23N5O/c1-13-9-14(2)11-16(10-13)22-20(26)25-8-6-15(12-25)18-23-17-5-4-7-21-19(17)24(18)3/h4-5,7,9-11,15H,6,8,12H2,1-3H3,(H,22,26). The molecular formula is C20H23N5O. The van der Waals surface area contributed by atoms with Crippen molar-refractivity contribution >= 4 is 22.9 Å². The van der Waals surface area contributed by atoms with Gasteiger partial charge in [0.2, 0.25) is 0 Å². The molecule has 1 N–H and O–H groups in total. The fourth-order valence-corrected chi connectivity index (χ4v) is 3.81. The van der Waals surface area contributed by atoms with Crippen LogP contribution in [-0.4, -0.2) is 38.6 Å². The van der Waals surface area contributed by atoms with Crippen molar-refractivity contribution in [1.29, 1.82) is 0 Å². The van der Waals surface area contributed by atoms with Crippen LogP contribution in [0.2, 0.25) is 0 Å². The zero-order valence-corrected chi connectivity index (χ0v) is 15.4. The molecule has 0 aliphatic carbocycles. The maximum Gasteiger partial charge on any atom is 0.321 e. The van der Waals surface area contributed by atoms with Gasteiger partial charge < -0.3 is 14.8 Å². The zero-order chi connectivity index (χ0) is 18.3. The third-order valence-corrected chi connectivity index (χ3v) is 4.98. The summed E-state index contributed by atoms with van der Waals surface area (Å²) in [7, 11) is 2.00. The normalized spacial score (nSPS) is 17.0. The molecule has 1 saturated heterocycles. The van der Waals surface area contributed by atoms with E-state index in [2.05, 4.69) is 16.4 Å². The van der Waals surface area contributed by atoms with Gasteiger partial charge in [0.05, 0.1) is 0 Å². The van der Waals surface area contributed by atoms with Gasteiger partial charge in [-0.25, -0.2) is 14.8 Å². The van der Waals surface area contributed by atoms with Crippen LogP contribution >= 0.6 is 0 Å². The number of urea groups is 1. The van der Waals surface area contributed by atoms with Crippen LogP contribution in [-0.2, 0) is 7.05 Å². The molecule has 1 aliphatic rings. The summed E-state index contributed by atoms with van der Waals surface area (Å²) in [6, 6.07) is 9.92. The van der Waals surface area contributed by atoms with Crippen molar-refractivity contribution in [2.24, 2.45) is 7.05 Å². The van der Waals surface area contributed by atoms with Crippen molar-refractivity contribution in [1.82, 2.24) is 19.4 Å². The molecule has 1 atom stereocenters. The van der Waals surface area contributed by atoms with Gasteiger partial charge in [0, 0.05) is 37.9 Å². The summed E-state index contributed by atoms with van der Waals surface area (Å²) in [4.78, 5) is 23.7. The number of nitrogens with one attached hydrogen (secondary N) is 1. The number of carbonyl (C=O) groups is 1. The van der Waals surface area contributed by atoms with E-state index in [1.807, 2.05) is 54.6 Å². The number of fused-ring (bicyclic) bond motifs is 1. The summed E-state index contributed by atoms with van der Waals surface area (Å²) in [6.07, 6.45) is 2.70. The van der Waals surface area contributed by atoms with Gasteiger partial charge >= 0.3 is 6.03 Å². The molecule has 6 heteroatoms. The molecule has 6 nitrogen and oxygen atoms in total. The average Bonchev–Trinajstić information content (AvgIpc) is 3.19. The van der Waals surface area contributed by atoms with Crippen LogP contribution in [0, 0.1) is 13.8 Å². The van der Waals surface area contributed by atoms with Gasteiger partial charge in [-0.2, -0.15) is 0 Å². The minimum Gasteiger partial charge on any atom is -0.324 e. The van der Waals surface area contributed by atoms with Gasteiger partial charge in [-0.3, -0.25) is 0 Å². The minimum absolute atomic E-state index is 0.0469. The Morgan fingerprint density at radius 3 is 2.73 bits per heavy atom. The Morgan fingerprint density at radius 1 is 1.23 bits per heavy atom. The number of aromatic nitrogens is 3. The van der Waals surface area contributed by atoms with Gasteiger partial charge in [-0.1, -0.05) is 6.07 Å². The summed E-state index contributed by atoms with van der Waals surface area (Å²) in [5.74, 6) is 1.24. The van der Waals surface area contributed by atoms with Gasteiger partial charge in [0.15, 0.2) is 5.65 Å². The summed E-state index contributed by atoms with van der Waals surface area (Å²) < 4.78 is 2.05. The lowest BCUT2D eigenvalue weighted by Crippen LogP contribution is -2.33. The fraction of sp³-hybridized carbons (Fsp3) is 0.350. The predicted molar refractivity (Wildman–Crippen MR) is 102 cm³/mol. The Kier molecular flexibility index (Phi) is 4.11. The molecule has 3 aromatic rings. The van der Waals surface area contributed by atoms with Crippen molar-refractivity contribution in [3.05, 3.63) is 53.5 Å². The van der Waals surface area contributed by atoms with Crippen LogP contribution in [0.5, 0.6) is 0 Å². The minimum atomic E-state index is -0.0469. The second-order valence-corrected chi connectivity index (χ2v) is 7.11. The van der Waals surface area contributed by atoms with Crippen molar-refractivity contribution in [2.45, 2.75) is 26.2 Å². The smallest absolute Gasteiger partial charge is 0.321 e. The van der Waals surface area contributed by atoms with Crippen molar-refractivity contribution < 1.29 is 4.79 Å². The fourth-order valence-electron chi connectivity index (χ4n) is 3.81. The Hall–Kier alpha value is -2.89. The average molecular weight is 349 g/mol. The highest BCUT2D eigenvalue weighted by Crippen LogP contribution is 2.28. The van der Waals surface area contributed by atoms with E-state index in [0.29, 0.717) is 6.54 Å². The number of aryl methyl sites for hydroxylation is 3. The van der Waals surface area contributed by atoms with Gasteiger partial charge in [-0.15, -0.1) is 0 Å². The monoisotopic (exact) mass is 349 g/mol. The SMILES string of the molecule is Cc1cc(C)cc(NC(=O)N2CCC(c3nc4cccnc4n3C)C2)c1. The van der Waals surface area contributed by atoms with Crippen molar-refractivity contribution in [2.75, 3.05) is 18.4 Å². The molecule has 1 aliphatic heterocycles. The quantitative estimate of drug-likeness (QED) is 0.769. The van der Waals surface area contributed by atoms with E-state index in [0.717, 1.165) is 46.8 Å². The number of hydrogen-bond acceptors (Lipinski definition) is 3. The lowest BCUT2D eigenvalue weighted by Gasteiger charge is -2.18. The number of likely N-dealkylation sites (tertiary alicyclic amines) is 1. The second-order valence-electron chi connectivity index (χ2n) is 7.11. The Morgan fingerprint density at radius 2 is 2.00 bits per heavy atom. The van der Waals surface area contributed by atoms with Crippen LogP contribution in [0.15, 0.2) is 36.5 Å². The van der Waals surface area contributed by atoms with E-state index in [1.165, 1.54) is 0 Å². The van der Waals surface area contributed by atoms with Gasteiger partial charge in [-0.05, 0) is 55.7 Å². The van der Waals surface area contributed by atoms with E-state index < -0.39 is 0 Å². The number of amides is 2. The molecule has 0 radical (unpaired) electrons. The number of imidazole rings is 1. The molecular weight excluding hydrogens is 326 g/mol. The molecule has 0 spiro atoms. The van der Waals surface area contributed by atoms with Crippen molar-refractivity contribution in [3.63, 3.8) is 0 Å². The van der Waals surface area contributed by atoms with Crippen LogP contribution in [0.4, 0.5) is 10.5 Å². The highest BCUT2D eigenvalue weighted by molar-refractivity contribution is 5.89. The molecule has 1 aromatic carbocycles. The number of rotatable bonds is 2. The molecule has 0 bridgehead atoms. The van der Waals surface area contributed by atoms with E-state index in [1.54, 1.807) is 6.20 Å². The number of hydrogen-bond donors (Lipinski definition) is 1. The van der Waals surface area contributed by atoms with Crippen LogP contribution in [0.1, 0.15) is 29.3 Å². The first-order valence-electron chi connectivity index (χ1n) is 8.93. The highest BCUT2D eigenvalue weighted by atomic mass is 16.2. The van der Waals surface area contributed by atoms with Gasteiger partial charge in [0.1, 0.15) is 11.3 Å². The first kappa shape index (κ1) is 16.6. The molecule has 134 valence electrons. The predicted octanol–water partition coefficient (Wildman–Crippen LogP) is 3.61. The Balaban J connectivity index is 1.49. The Bertz CT molecular complexity index is 957. The molecule has 2 amide bonds. The van der Waals surface area contributed by atoms with Crippen LogP contribution < -0.4 is 5.32 Å². The number of anilines is 1. The first-order valence-corrected chi connectivity index (χ1v) is 8.93. The molecule has 3 heterocycles. The summed E-state index contributed by atoms with van der Waals surface area (Å²) in [5.41, 5.74) is 4.94. The molecule has 1 unspecified atom stereocenters. The lowest BCUT2D eigenvalue weighted by molar-refractivity contribution is 0.222. The highest BCUT2D eigenvalue weighted by Gasteiger charge is 2.30. The molecule has 26 heavy (non-hydrogen) atoms. The number of pyridine rings is 1. The van der Waals surface area contributed by atoms with E-state index in [4.69, 9.17) is 4.98 Å². The maximum atomic E-state index is 12.6. The van der Waals surface area contributed by atoms with Crippen LogP contribution in [0.3, 0.4) is 0 Å². The summed E-state index contributed by atoms with van der Waals surface area (Å²) in [5, 5.41) is 3.03. The maximum absolute atomic E-state index is 12.6. The number of carbonyl (C=O) groups excluding carboxylic acids is 1. The topological polar surface area (TPSA) is 63.1 Å². The third-order valence-electron chi connectivity index (χ3n) is 4.98. The van der Waals surface area contributed by atoms with E-state index in [-0.39, 0.29) is 11.9 Å². The van der Waals surface area contributed by atoms with E-state index >= 15 is 0 Å². The number of benzene rings is 1. The molecule has 1 fully saturated rings. The second kappa shape index (κ2) is 6.44. The third kappa shape index (κ3) is 3.03. The number of nitrogens with zero attached hydrogens (tertiary/aromatic N) is 4. The largest absolute Gasteiger partial charge is 0.324 e. The molecule has 4 rings (SSSR count). The van der Waals surface area contributed by atoms with Gasteiger partial charge in [0.25, 0.3) is 0 Å². The zero-order valence-electron chi connectivity index (χ0n) is 15.4. The summed E-state index contributed by atoms with van der Waals surface area (Å²) in [6.45, 7) is 5.48. The first-order chi connectivity index (χ1) is 12.5. The summed E-state index contributed by atoms with van der Waals surface area (Å²) >= 11 is 0. The van der Waals surface area contributed by atoms with Crippen LogP contribution in [0.25, 0.3) is 11.2 Å². The molecule has 0 saturated carbocycles. The van der Waals surface area contributed by atoms with E-state index in [9.17, 15) is 4.79 Å². The van der Waals surface area contributed by atoms with Crippen molar-refractivity contribution in [3.8, 4) is 0 Å². The lowest BCUT2D eigenvalue weighted by atomic mass is 10.1. The molecule has 2 aromatic heterocycles.